The summed E-state index contributed by atoms with van der Waals surface area (Å²) in [5, 5.41) is 2.85. The second kappa shape index (κ2) is 4.64. The van der Waals surface area contributed by atoms with Gasteiger partial charge < -0.3 is 16.0 Å². The van der Waals surface area contributed by atoms with Gasteiger partial charge in [0.05, 0.1) is 17.9 Å². The predicted molar refractivity (Wildman–Crippen MR) is 64.0 cm³/mol. The molecule has 0 radical (unpaired) electrons. The Morgan fingerprint density at radius 3 is 2.88 bits per heavy atom. The van der Waals surface area contributed by atoms with E-state index >= 15 is 0 Å². The molecule has 2 heterocycles. The van der Waals surface area contributed by atoms with Gasteiger partial charge in [0.15, 0.2) is 0 Å². The minimum Gasteiger partial charge on any atom is -0.354 e. The Morgan fingerprint density at radius 1 is 1.53 bits per heavy atom. The van der Waals surface area contributed by atoms with E-state index in [1.807, 2.05) is 18.7 Å². The summed E-state index contributed by atoms with van der Waals surface area (Å²) < 4.78 is 0. The van der Waals surface area contributed by atoms with Crippen LogP contribution in [0, 0.1) is 11.8 Å². The number of nitrogens with zero attached hydrogens (tertiary/aromatic N) is 1. The smallest absolute Gasteiger partial charge is 0.227 e. The van der Waals surface area contributed by atoms with Gasteiger partial charge in [0.1, 0.15) is 0 Å². The molecule has 2 amide bonds. The molecule has 4 atom stereocenters. The summed E-state index contributed by atoms with van der Waals surface area (Å²) in [6.07, 6.45) is 1.80. The second-order valence-corrected chi connectivity index (χ2v) is 5.24. The van der Waals surface area contributed by atoms with Crippen LogP contribution in [0.1, 0.15) is 26.7 Å². The molecule has 0 bridgehead atoms. The van der Waals surface area contributed by atoms with Crippen molar-refractivity contribution in [2.24, 2.45) is 17.6 Å². The Bertz CT molecular complexity index is 330. The van der Waals surface area contributed by atoms with Gasteiger partial charge >= 0.3 is 0 Å². The fourth-order valence-electron chi connectivity index (χ4n) is 2.71. The fraction of sp³-hybridized carbons (Fsp3) is 0.833. The molecular weight excluding hydrogens is 218 g/mol. The molecule has 0 aromatic carbocycles. The van der Waals surface area contributed by atoms with Gasteiger partial charge in [-0.05, 0) is 19.8 Å². The van der Waals surface area contributed by atoms with Crippen molar-refractivity contribution < 1.29 is 9.59 Å². The molecule has 0 aromatic rings. The highest BCUT2D eigenvalue weighted by molar-refractivity contribution is 5.85. The maximum Gasteiger partial charge on any atom is 0.227 e. The summed E-state index contributed by atoms with van der Waals surface area (Å²) >= 11 is 0. The summed E-state index contributed by atoms with van der Waals surface area (Å²) in [7, 11) is 0. The summed E-state index contributed by atoms with van der Waals surface area (Å²) in [6.45, 7) is 5.07. The quantitative estimate of drug-likeness (QED) is 0.695. The normalized spacial score (nSPS) is 31.7. The van der Waals surface area contributed by atoms with E-state index in [1.165, 1.54) is 0 Å². The van der Waals surface area contributed by atoms with E-state index < -0.39 is 0 Å². The lowest BCUT2D eigenvalue weighted by Crippen LogP contribution is -2.52. The minimum atomic E-state index is -0.176. The zero-order valence-corrected chi connectivity index (χ0v) is 10.5. The number of hydrogen-bond donors (Lipinski definition) is 2. The van der Waals surface area contributed by atoms with E-state index in [1.54, 1.807) is 0 Å². The average Bonchev–Trinajstić information content (AvgIpc) is 2.69. The monoisotopic (exact) mass is 239 g/mol. The third-order valence-electron chi connectivity index (χ3n) is 4.06. The van der Waals surface area contributed by atoms with Crippen molar-refractivity contribution in [2.45, 2.75) is 38.8 Å². The standard InChI is InChI=1S/C12H21N3O2/c1-7(8(2)13)12(17)15-5-3-4-9-10(15)6-14-11(9)16/h7-10H,3-6,13H2,1-2H3,(H,14,16). The Kier molecular flexibility index (Phi) is 3.38. The lowest BCUT2D eigenvalue weighted by atomic mass is 9.90. The van der Waals surface area contributed by atoms with Crippen molar-refractivity contribution in [2.75, 3.05) is 13.1 Å². The van der Waals surface area contributed by atoms with Crippen LogP contribution < -0.4 is 11.1 Å². The topological polar surface area (TPSA) is 75.4 Å². The Hall–Kier alpha value is -1.10. The highest BCUT2D eigenvalue weighted by Gasteiger charge is 2.43. The summed E-state index contributed by atoms with van der Waals surface area (Å²) in [6, 6.07) is -0.0992. The number of carbonyl (C=O) groups is 2. The van der Waals surface area contributed by atoms with Crippen molar-refractivity contribution in [3.05, 3.63) is 0 Å². The molecule has 4 unspecified atom stereocenters. The van der Waals surface area contributed by atoms with Crippen LogP contribution in [-0.4, -0.2) is 41.9 Å². The van der Waals surface area contributed by atoms with Crippen LogP contribution >= 0.6 is 0 Å². The minimum absolute atomic E-state index is 0.00650. The molecule has 0 spiro atoms. The number of piperidine rings is 1. The number of hydrogen-bond acceptors (Lipinski definition) is 3. The van der Waals surface area contributed by atoms with Crippen LogP contribution in [0.25, 0.3) is 0 Å². The first-order valence-electron chi connectivity index (χ1n) is 6.36. The van der Waals surface area contributed by atoms with Crippen LogP contribution in [0.2, 0.25) is 0 Å². The van der Waals surface area contributed by atoms with Gasteiger partial charge in [0.25, 0.3) is 0 Å². The molecule has 2 saturated heterocycles. The largest absolute Gasteiger partial charge is 0.354 e. The van der Waals surface area contributed by atoms with Crippen LogP contribution in [0.5, 0.6) is 0 Å². The van der Waals surface area contributed by atoms with Crippen molar-refractivity contribution in [1.82, 2.24) is 10.2 Å². The van der Waals surface area contributed by atoms with E-state index in [2.05, 4.69) is 5.32 Å². The Morgan fingerprint density at radius 2 is 2.24 bits per heavy atom. The van der Waals surface area contributed by atoms with Gasteiger partial charge in [-0.2, -0.15) is 0 Å². The Balaban J connectivity index is 2.10. The fourth-order valence-corrected chi connectivity index (χ4v) is 2.71. The first-order valence-corrected chi connectivity index (χ1v) is 6.36. The van der Waals surface area contributed by atoms with E-state index in [9.17, 15) is 9.59 Å². The van der Waals surface area contributed by atoms with Crippen molar-refractivity contribution >= 4 is 11.8 Å². The van der Waals surface area contributed by atoms with Gasteiger partial charge in [0, 0.05) is 19.1 Å². The SMILES string of the molecule is CC(N)C(C)C(=O)N1CCCC2C(=O)NCC21. The Labute approximate surface area is 102 Å². The average molecular weight is 239 g/mol. The number of rotatable bonds is 2. The van der Waals surface area contributed by atoms with E-state index in [0.717, 1.165) is 19.4 Å². The zero-order valence-electron chi connectivity index (χ0n) is 10.5. The van der Waals surface area contributed by atoms with Gasteiger partial charge in [-0.3, -0.25) is 9.59 Å². The first kappa shape index (κ1) is 12.4. The molecule has 0 aromatic heterocycles. The molecule has 2 fully saturated rings. The molecule has 2 aliphatic rings. The van der Waals surface area contributed by atoms with Crippen LogP contribution in [0.4, 0.5) is 0 Å². The highest BCUT2D eigenvalue weighted by atomic mass is 16.2. The van der Waals surface area contributed by atoms with Gasteiger partial charge in [-0.1, -0.05) is 6.92 Å². The lowest BCUT2D eigenvalue weighted by Gasteiger charge is -2.38. The van der Waals surface area contributed by atoms with Gasteiger partial charge in [-0.15, -0.1) is 0 Å². The molecule has 5 heteroatoms. The maximum atomic E-state index is 12.3. The summed E-state index contributed by atoms with van der Waals surface area (Å²) in [4.78, 5) is 25.8. The number of likely N-dealkylation sites (tertiary alicyclic amines) is 1. The molecule has 2 rings (SSSR count). The number of nitrogens with one attached hydrogen (secondary N) is 1. The third-order valence-corrected chi connectivity index (χ3v) is 4.06. The molecule has 3 N–H and O–H groups in total. The lowest BCUT2D eigenvalue weighted by molar-refractivity contribution is -0.140. The van der Waals surface area contributed by atoms with Crippen LogP contribution in [0.15, 0.2) is 0 Å². The second-order valence-electron chi connectivity index (χ2n) is 5.24. The van der Waals surface area contributed by atoms with E-state index in [-0.39, 0.29) is 35.7 Å². The highest BCUT2D eigenvalue weighted by Crippen LogP contribution is 2.28. The molecule has 0 aliphatic carbocycles. The number of amides is 2. The number of carbonyl (C=O) groups excluding carboxylic acids is 2. The van der Waals surface area contributed by atoms with Crippen molar-refractivity contribution in [3.8, 4) is 0 Å². The molecular formula is C12H21N3O2. The summed E-state index contributed by atoms with van der Waals surface area (Å²) in [5.74, 6) is 0.00424. The molecule has 2 aliphatic heterocycles. The van der Waals surface area contributed by atoms with Gasteiger partial charge in [-0.25, -0.2) is 0 Å². The zero-order chi connectivity index (χ0) is 12.6. The summed E-state index contributed by atoms with van der Waals surface area (Å²) in [5.41, 5.74) is 5.78. The predicted octanol–water partition coefficient (Wildman–Crippen LogP) is -0.293. The number of fused-ring (bicyclic) bond motifs is 1. The van der Waals surface area contributed by atoms with Crippen LogP contribution in [-0.2, 0) is 9.59 Å². The van der Waals surface area contributed by atoms with E-state index in [4.69, 9.17) is 5.73 Å². The number of nitrogens with two attached hydrogens (primary N) is 1. The molecule has 5 nitrogen and oxygen atoms in total. The third kappa shape index (κ3) is 2.16. The first-order chi connectivity index (χ1) is 8.02. The molecule has 0 saturated carbocycles. The van der Waals surface area contributed by atoms with Crippen LogP contribution in [0.3, 0.4) is 0 Å². The van der Waals surface area contributed by atoms with Crippen molar-refractivity contribution in [3.63, 3.8) is 0 Å². The van der Waals surface area contributed by atoms with E-state index in [0.29, 0.717) is 6.54 Å². The van der Waals surface area contributed by atoms with Gasteiger partial charge in [0.2, 0.25) is 11.8 Å². The van der Waals surface area contributed by atoms with Crippen molar-refractivity contribution in [1.29, 1.82) is 0 Å². The maximum absolute atomic E-state index is 12.3. The molecule has 17 heavy (non-hydrogen) atoms. The molecule has 96 valence electrons.